The first kappa shape index (κ1) is 12.7. The van der Waals surface area contributed by atoms with Gasteiger partial charge < -0.3 is 10.8 Å². The van der Waals surface area contributed by atoms with Crippen LogP contribution >= 0.6 is 0 Å². The van der Waals surface area contributed by atoms with E-state index in [-0.39, 0.29) is 5.56 Å². The zero-order valence-corrected chi connectivity index (χ0v) is 9.57. The van der Waals surface area contributed by atoms with Crippen LogP contribution in [0.1, 0.15) is 10.4 Å². The van der Waals surface area contributed by atoms with E-state index < -0.39 is 27.5 Å². The summed E-state index contributed by atoms with van der Waals surface area (Å²) in [6.07, 6.45) is 0.920. The fourth-order valence-electron chi connectivity index (χ4n) is 1.25. The predicted octanol–water partition coefficient (Wildman–Crippen LogP) is -0.143. The summed E-state index contributed by atoms with van der Waals surface area (Å²) < 4.78 is 22.5. The number of aliphatic hydroxyl groups excluding tert-OH is 1. The molecule has 0 aromatic heterocycles. The van der Waals surface area contributed by atoms with E-state index in [1.54, 1.807) is 0 Å². The van der Waals surface area contributed by atoms with Gasteiger partial charge in [0.1, 0.15) is 5.25 Å². The SMILES string of the molecule is CS(=O)(=O)[C@H](CO)C(=O)c1ccc(N)cc1. The summed E-state index contributed by atoms with van der Waals surface area (Å²) in [6, 6.07) is 5.88. The standard InChI is InChI=1S/C10H13NO4S/c1-16(14,15)9(6-12)10(13)7-2-4-8(11)5-3-7/h2-5,9,12H,6,11H2,1H3/t9-/m1/s1. The van der Waals surface area contributed by atoms with Crippen LogP contribution in [0.3, 0.4) is 0 Å². The van der Waals surface area contributed by atoms with Crippen molar-refractivity contribution in [3.05, 3.63) is 29.8 Å². The highest BCUT2D eigenvalue weighted by molar-refractivity contribution is 7.92. The van der Waals surface area contributed by atoms with Crippen LogP contribution in [-0.4, -0.2) is 37.4 Å². The molecule has 0 aliphatic carbocycles. The Morgan fingerprint density at radius 2 is 1.88 bits per heavy atom. The van der Waals surface area contributed by atoms with Crippen molar-refractivity contribution >= 4 is 21.3 Å². The van der Waals surface area contributed by atoms with E-state index in [9.17, 15) is 13.2 Å². The average molecular weight is 243 g/mol. The van der Waals surface area contributed by atoms with Crippen molar-refractivity contribution in [3.8, 4) is 0 Å². The topological polar surface area (TPSA) is 97.5 Å². The molecule has 88 valence electrons. The monoisotopic (exact) mass is 243 g/mol. The van der Waals surface area contributed by atoms with Gasteiger partial charge in [0.25, 0.3) is 0 Å². The summed E-state index contributed by atoms with van der Waals surface area (Å²) >= 11 is 0. The van der Waals surface area contributed by atoms with Gasteiger partial charge in [0.15, 0.2) is 15.6 Å². The molecule has 0 fully saturated rings. The van der Waals surface area contributed by atoms with Crippen LogP contribution in [0.5, 0.6) is 0 Å². The van der Waals surface area contributed by atoms with E-state index in [0.717, 1.165) is 6.26 Å². The van der Waals surface area contributed by atoms with Crippen molar-refractivity contribution in [2.45, 2.75) is 5.25 Å². The molecule has 1 aromatic carbocycles. The number of nitrogen functional groups attached to an aromatic ring is 1. The number of carbonyl (C=O) groups excluding carboxylic acids is 1. The van der Waals surface area contributed by atoms with E-state index in [2.05, 4.69) is 0 Å². The molecule has 0 bridgehead atoms. The van der Waals surface area contributed by atoms with E-state index in [1.165, 1.54) is 24.3 Å². The van der Waals surface area contributed by atoms with Crippen molar-refractivity contribution < 1.29 is 18.3 Å². The second-order valence-corrected chi connectivity index (χ2v) is 5.72. The molecule has 0 aliphatic rings. The number of benzene rings is 1. The minimum Gasteiger partial charge on any atom is -0.399 e. The number of ketones is 1. The summed E-state index contributed by atoms with van der Waals surface area (Å²) in [5.74, 6) is -0.620. The first-order valence-corrected chi connectivity index (χ1v) is 6.51. The normalized spacial score (nSPS) is 13.4. The maximum Gasteiger partial charge on any atom is 0.183 e. The predicted molar refractivity (Wildman–Crippen MR) is 60.9 cm³/mol. The minimum atomic E-state index is -3.60. The zero-order valence-electron chi connectivity index (χ0n) is 8.75. The Balaban J connectivity index is 3.06. The highest BCUT2D eigenvalue weighted by Crippen LogP contribution is 2.11. The second kappa shape index (κ2) is 4.63. The average Bonchev–Trinajstić information content (AvgIpc) is 2.17. The number of hydrogen-bond acceptors (Lipinski definition) is 5. The molecule has 16 heavy (non-hydrogen) atoms. The molecule has 5 nitrogen and oxygen atoms in total. The van der Waals surface area contributed by atoms with Gasteiger partial charge in [-0.3, -0.25) is 4.79 Å². The molecule has 0 aliphatic heterocycles. The minimum absolute atomic E-state index is 0.221. The lowest BCUT2D eigenvalue weighted by Crippen LogP contribution is -2.33. The first-order chi connectivity index (χ1) is 7.36. The fraction of sp³-hybridized carbons (Fsp3) is 0.300. The third-order valence-corrected chi connectivity index (χ3v) is 3.57. The Morgan fingerprint density at radius 3 is 2.25 bits per heavy atom. The van der Waals surface area contributed by atoms with Crippen LogP contribution in [0.15, 0.2) is 24.3 Å². The molecule has 1 aromatic rings. The molecule has 3 N–H and O–H groups in total. The molecule has 0 radical (unpaired) electrons. The summed E-state index contributed by atoms with van der Waals surface area (Å²) in [7, 11) is -3.60. The molecule has 1 rings (SSSR count). The molecule has 0 spiro atoms. The molecule has 0 amide bonds. The van der Waals surface area contributed by atoms with Crippen molar-refractivity contribution in [2.24, 2.45) is 0 Å². The Bertz CT molecular complexity index is 478. The van der Waals surface area contributed by atoms with Gasteiger partial charge in [-0.2, -0.15) is 0 Å². The highest BCUT2D eigenvalue weighted by atomic mass is 32.2. The maximum atomic E-state index is 11.8. The molecule has 6 heteroatoms. The van der Waals surface area contributed by atoms with Gasteiger partial charge in [-0.25, -0.2) is 8.42 Å². The summed E-state index contributed by atoms with van der Waals surface area (Å²) in [6.45, 7) is -0.720. The van der Waals surface area contributed by atoms with Gasteiger partial charge in [0.2, 0.25) is 0 Å². The number of nitrogens with two attached hydrogens (primary N) is 1. The van der Waals surface area contributed by atoms with Gasteiger partial charge in [-0.15, -0.1) is 0 Å². The van der Waals surface area contributed by atoms with Crippen molar-refractivity contribution in [1.29, 1.82) is 0 Å². The van der Waals surface area contributed by atoms with Crippen molar-refractivity contribution in [3.63, 3.8) is 0 Å². The number of hydrogen-bond donors (Lipinski definition) is 2. The lowest BCUT2D eigenvalue weighted by molar-refractivity contribution is 0.0962. The Labute approximate surface area is 93.8 Å². The molecule has 0 heterocycles. The van der Waals surface area contributed by atoms with Crippen LogP contribution in [0.4, 0.5) is 5.69 Å². The van der Waals surface area contributed by atoms with Crippen LogP contribution in [-0.2, 0) is 9.84 Å². The molecule has 0 unspecified atom stereocenters. The molecular weight excluding hydrogens is 230 g/mol. The number of sulfone groups is 1. The maximum absolute atomic E-state index is 11.8. The smallest absolute Gasteiger partial charge is 0.183 e. The Kier molecular flexibility index (Phi) is 3.66. The quantitative estimate of drug-likeness (QED) is 0.566. The van der Waals surface area contributed by atoms with Gasteiger partial charge in [-0.1, -0.05) is 0 Å². The first-order valence-electron chi connectivity index (χ1n) is 4.55. The molecule has 0 saturated heterocycles. The Morgan fingerprint density at radius 1 is 1.38 bits per heavy atom. The summed E-state index contributed by atoms with van der Waals surface area (Å²) in [5, 5.41) is 7.52. The molecular formula is C10H13NO4S. The third kappa shape index (κ3) is 2.80. The van der Waals surface area contributed by atoms with E-state index in [0.29, 0.717) is 5.69 Å². The number of anilines is 1. The van der Waals surface area contributed by atoms with E-state index in [1.807, 2.05) is 0 Å². The molecule has 1 atom stereocenters. The van der Waals surface area contributed by atoms with Crippen molar-refractivity contribution in [1.82, 2.24) is 0 Å². The van der Waals surface area contributed by atoms with E-state index in [4.69, 9.17) is 10.8 Å². The Hall–Kier alpha value is -1.40. The summed E-state index contributed by atoms with van der Waals surface area (Å²) in [5.41, 5.74) is 6.15. The van der Waals surface area contributed by atoms with Gasteiger partial charge in [0.05, 0.1) is 6.61 Å². The van der Waals surface area contributed by atoms with Gasteiger partial charge >= 0.3 is 0 Å². The van der Waals surface area contributed by atoms with Gasteiger partial charge in [-0.05, 0) is 24.3 Å². The number of Topliss-reactive ketones (excluding diaryl/α,β-unsaturated/α-hetero) is 1. The zero-order chi connectivity index (χ0) is 12.3. The highest BCUT2D eigenvalue weighted by Gasteiger charge is 2.28. The van der Waals surface area contributed by atoms with Crippen LogP contribution in [0.2, 0.25) is 0 Å². The third-order valence-electron chi connectivity index (χ3n) is 2.17. The number of carbonyl (C=O) groups is 1. The summed E-state index contributed by atoms with van der Waals surface area (Å²) in [4.78, 5) is 11.8. The largest absolute Gasteiger partial charge is 0.399 e. The van der Waals surface area contributed by atoms with Crippen molar-refractivity contribution in [2.75, 3.05) is 18.6 Å². The number of aliphatic hydroxyl groups is 1. The van der Waals surface area contributed by atoms with E-state index >= 15 is 0 Å². The van der Waals surface area contributed by atoms with Crippen LogP contribution in [0, 0.1) is 0 Å². The van der Waals surface area contributed by atoms with Gasteiger partial charge in [0, 0.05) is 17.5 Å². The lowest BCUT2D eigenvalue weighted by Gasteiger charge is -2.10. The molecule has 0 saturated carbocycles. The second-order valence-electron chi connectivity index (χ2n) is 3.49. The lowest BCUT2D eigenvalue weighted by atomic mass is 10.1. The van der Waals surface area contributed by atoms with Crippen LogP contribution < -0.4 is 5.73 Å². The number of rotatable bonds is 4. The van der Waals surface area contributed by atoms with Crippen LogP contribution in [0.25, 0.3) is 0 Å². The fourth-order valence-corrected chi connectivity index (χ4v) is 2.04.